The third-order valence-electron chi connectivity index (χ3n) is 2.72. The van der Waals surface area contributed by atoms with Gasteiger partial charge in [-0.05, 0) is 24.1 Å². The molecule has 0 fully saturated rings. The Morgan fingerprint density at radius 3 is 2.75 bits per heavy atom. The van der Waals surface area contributed by atoms with Crippen LogP contribution in [-0.4, -0.2) is 11.8 Å². The predicted molar refractivity (Wildman–Crippen MR) is 62.3 cm³/mol. The van der Waals surface area contributed by atoms with Gasteiger partial charge in [0.2, 0.25) is 6.79 Å². The number of benzene rings is 1. The molecule has 16 heavy (non-hydrogen) atoms. The van der Waals surface area contributed by atoms with Crippen molar-refractivity contribution in [3.8, 4) is 11.5 Å². The van der Waals surface area contributed by atoms with Gasteiger partial charge in [0.1, 0.15) is 5.15 Å². The van der Waals surface area contributed by atoms with E-state index in [4.69, 9.17) is 21.1 Å². The summed E-state index contributed by atoms with van der Waals surface area (Å²) in [5, 5.41) is 1.60. The van der Waals surface area contributed by atoms with Crippen LogP contribution < -0.4 is 9.47 Å². The van der Waals surface area contributed by atoms with E-state index < -0.39 is 0 Å². The van der Waals surface area contributed by atoms with Crippen LogP contribution in [0, 0.1) is 0 Å². The first kappa shape index (κ1) is 9.73. The number of hydrogen-bond donors (Lipinski definition) is 0. The van der Waals surface area contributed by atoms with Gasteiger partial charge in [-0.3, -0.25) is 0 Å². The second-order valence-corrected chi connectivity index (χ2v) is 4.05. The molecule has 1 aromatic carbocycles. The van der Waals surface area contributed by atoms with Crippen LogP contribution in [0.3, 0.4) is 0 Å². The van der Waals surface area contributed by atoms with E-state index in [0.29, 0.717) is 5.15 Å². The highest BCUT2D eigenvalue weighted by Gasteiger charge is 2.15. The van der Waals surface area contributed by atoms with Gasteiger partial charge in [0, 0.05) is 11.5 Å². The number of rotatable bonds is 1. The molecule has 2 heterocycles. The van der Waals surface area contributed by atoms with E-state index in [2.05, 4.69) is 11.9 Å². The Labute approximate surface area is 98.0 Å². The number of aryl methyl sites for hydroxylation is 1. The van der Waals surface area contributed by atoms with E-state index in [1.54, 1.807) is 0 Å². The molecule has 0 radical (unpaired) electrons. The van der Waals surface area contributed by atoms with Crippen molar-refractivity contribution in [2.75, 3.05) is 6.79 Å². The Kier molecular flexibility index (Phi) is 2.14. The molecule has 82 valence electrons. The van der Waals surface area contributed by atoms with E-state index >= 15 is 0 Å². The zero-order valence-electron chi connectivity index (χ0n) is 8.79. The highest BCUT2D eigenvalue weighted by Crippen LogP contribution is 2.36. The standard InChI is InChI=1S/C12H10ClNO2/c1-2-7-3-8-4-10-11(16-6-15-10)5-9(8)14-12(7)13/h3-5H,2,6H2,1H3. The first-order chi connectivity index (χ1) is 7.78. The molecule has 0 atom stereocenters. The summed E-state index contributed by atoms with van der Waals surface area (Å²) >= 11 is 6.07. The van der Waals surface area contributed by atoms with Gasteiger partial charge < -0.3 is 9.47 Å². The Balaban J connectivity index is 2.28. The third kappa shape index (κ3) is 1.39. The zero-order valence-corrected chi connectivity index (χ0v) is 9.54. The maximum Gasteiger partial charge on any atom is 0.231 e. The average Bonchev–Trinajstić information content (AvgIpc) is 2.72. The summed E-state index contributed by atoms with van der Waals surface area (Å²) in [7, 11) is 0. The van der Waals surface area contributed by atoms with E-state index in [1.165, 1.54) is 0 Å². The molecule has 1 aliphatic heterocycles. The minimum atomic E-state index is 0.278. The van der Waals surface area contributed by atoms with Crippen LogP contribution in [0.15, 0.2) is 18.2 Å². The number of nitrogens with zero attached hydrogens (tertiary/aromatic N) is 1. The van der Waals surface area contributed by atoms with Gasteiger partial charge in [0.15, 0.2) is 11.5 Å². The van der Waals surface area contributed by atoms with E-state index in [1.807, 2.05) is 18.2 Å². The number of halogens is 1. The number of fused-ring (bicyclic) bond motifs is 2. The Hall–Kier alpha value is -1.48. The molecule has 1 aliphatic rings. The molecule has 2 aromatic rings. The minimum Gasteiger partial charge on any atom is -0.454 e. The van der Waals surface area contributed by atoms with Gasteiger partial charge in [-0.25, -0.2) is 4.98 Å². The predicted octanol–water partition coefficient (Wildman–Crippen LogP) is 3.18. The van der Waals surface area contributed by atoms with Crippen molar-refractivity contribution in [2.45, 2.75) is 13.3 Å². The first-order valence-corrected chi connectivity index (χ1v) is 5.54. The van der Waals surface area contributed by atoms with Crippen LogP contribution in [0.4, 0.5) is 0 Å². The summed E-state index contributed by atoms with van der Waals surface area (Å²) in [4.78, 5) is 4.35. The first-order valence-electron chi connectivity index (χ1n) is 5.16. The number of pyridine rings is 1. The molecule has 3 nitrogen and oxygen atoms in total. The van der Waals surface area contributed by atoms with Crippen LogP contribution >= 0.6 is 11.6 Å². The highest BCUT2D eigenvalue weighted by atomic mass is 35.5. The van der Waals surface area contributed by atoms with E-state index in [9.17, 15) is 0 Å². The summed E-state index contributed by atoms with van der Waals surface area (Å²) in [6, 6.07) is 5.86. The highest BCUT2D eigenvalue weighted by molar-refractivity contribution is 6.30. The summed E-state index contributed by atoms with van der Waals surface area (Å²) in [6.45, 7) is 2.34. The van der Waals surface area contributed by atoms with Crippen LogP contribution in [0.2, 0.25) is 5.15 Å². The van der Waals surface area contributed by atoms with E-state index in [-0.39, 0.29) is 6.79 Å². The Morgan fingerprint density at radius 2 is 2.00 bits per heavy atom. The van der Waals surface area contributed by atoms with Crippen LogP contribution in [0.5, 0.6) is 11.5 Å². The van der Waals surface area contributed by atoms with Crippen molar-refractivity contribution in [2.24, 2.45) is 0 Å². The lowest BCUT2D eigenvalue weighted by Crippen LogP contribution is -1.92. The van der Waals surface area contributed by atoms with Gasteiger partial charge >= 0.3 is 0 Å². The van der Waals surface area contributed by atoms with E-state index in [0.717, 1.165) is 34.4 Å². The lowest BCUT2D eigenvalue weighted by Gasteiger charge is -2.04. The average molecular weight is 236 g/mol. The summed E-state index contributed by atoms with van der Waals surface area (Å²) in [5.74, 6) is 1.51. The van der Waals surface area contributed by atoms with Crippen molar-refractivity contribution < 1.29 is 9.47 Å². The molecular formula is C12H10ClNO2. The zero-order chi connectivity index (χ0) is 11.1. The summed E-state index contributed by atoms with van der Waals surface area (Å²) in [6.07, 6.45) is 0.871. The molecule has 0 spiro atoms. The second-order valence-electron chi connectivity index (χ2n) is 3.69. The van der Waals surface area contributed by atoms with Crippen molar-refractivity contribution in [1.29, 1.82) is 0 Å². The van der Waals surface area contributed by atoms with Crippen molar-refractivity contribution in [1.82, 2.24) is 4.98 Å². The maximum absolute atomic E-state index is 6.07. The third-order valence-corrected chi connectivity index (χ3v) is 3.04. The largest absolute Gasteiger partial charge is 0.454 e. The molecule has 0 N–H and O–H groups in total. The fourth-order valence-corrected chi connectivity index (χ4v) is 2.11. The van der Waals surface area contributed by atoms with Gasteiger partial charge in [-0.1, -0.05) is 18.5 Å². The van der Waals surface area contributed by atoms with Gasteiger partial charge in [0.25, 0.3) is 0 Å². The fourth-order valence-electron chi connectivity index (χ4n) is 1.83. The van der Waals surface area contributed by atoms with Gasteiger partial charge in [-0.15, -0.1) is 0 Å². The lowest BCUT2D eigenvalue weighted by atomic mass is 10.1. The molecule has 0 amide bonds. The second kappa shape index (κ2) is 3.52. The molecule has 0 saturated carbocycles. The molecule has 0 saturated heterocycles. The topological polar surface area (TPSA) is 31.4 Å². The maximum atomic E-state index is 6.07. The molecular weight excluding hydrogens is 226 g/mol. The molecule has 1 aromatic heterocycles. The lowest BCUT2D eigenvalue weighted by molar-refractivity contribution is 0.174. The van der Waals surface area contributed by atoms with Crippen LogP contribution in [0.1, 0.15) is 12.5 Å². The van der Waals surface area contributed by atoms with Crippen molar-refractivity contribution in [3.63, 3.8) is 0 Å². The Bertz CT molecular complexity index is 558. The molecule has 0 unspecified atom stereocenters. The van der Waals surface area contributed by atoms with Crippen LogP contribution in [0.25, 0.3) is 10.9 Å². The SMILES string of the molecule is CCc1cc2cc3c(cc2nc1Cl)OCO3. The molecule has 0 bridgehead atoms. The smallest absolute Gasteiger partial charge is 0.231 e. The number of hydrogen-bond acceptors (Lipinski definition) is 3. The minimum absolute atomic E-state index is 0.278. The summed E-state index contributed by atoms with van der Waals surface area (Å²) < 4.78 is 10.6. The summed E-state index contributed by atoms with van der Waals surface area (Å²) in [5.41, 5.74) is 1.89. The van der Waals surface area contributed by atoms with Crippen molar-refractivity contribution in [3.05, 3.63) is 28.9 Å². The van der Waals surface area contributed by atoms with Crippen molar-refractivity contribution >= 4 is 22.5 Å². The number of ether oxygens (including phenoxy) is 2. The fraction of sp³-hybridized carbons (Fsp3) is 0.250. The Morgan fingerprint density at radius 1 is 1.25 bits per heavy atom. The van der Waals surface area contributed by atoms with Gasteiger partial charge in [0.05, 0.1) is 5.52 Å². The molecule has 4 heteroatoms. The molecule has 0 aliphatic carbocycles. The monoisotopic (exact) mass is 235 g/mol. The quantitative estimate of drug-likeness (QED) is 0.712. The van der Waals surface area contributed by atoms with Crippen LogP contribution in [-0.2, 0) is 6.42 Å². The molecule has 3 rings (SSSR count). The van der Waals surface area contributed by atoms with Gasteiger partial charge in [-0.2, -0.15) is 0 Å². The number of aromatic nitrogens is 1. The normalized spacial score (nSPS) is 13.4.